The second-order valence-corrected chi connectivity index (χ2v) is 8.22. The minimum absolute atomic E-state index is 0.483. The van der Waals surface area contributed by atoms with Crippen LogP contribution in [-0.4, -0.2) is 79.7 Å². The highest BCUT2D eigenvalue weighted by Crippen LogP contribution is 2.29. The molecule has 1 aromatic heterocycles. The number of nitrogens with two attached hydrogens (primary N) is 1. The minimum Gasteiger partial charge on any atom is -0.495 e. The molecular formula is C23H32N6O. The minimum atomic E-state index is 0.483. The molecule has 2 aliphatic heterocycles. The highest BCUT2D eigenvalue weighted by molar-refractivity contribution is 5.91. The van der Waals surface area contributed by atoms with Crippen molar-refractivity contribution >= 4 is 22.7 Å². The first kappa shape index (κ1) is 20.7. The molecule has 2 aromatic rings. The van der Waals surface area contributed by atoms with Crippen LogP contribution in [0, 0.1) is 11.8 Å². The number of aromatic nitrogens is 2. The summed E-state index contributed by atoms with van der Waals surface area (Å²) in [6.07, 6.45) is 4.84. The highest BCUT2D eigenvalue weighted by atomic mass is 16.5. The molecule has 2 N–H and O–H groups in total. The first-order valence-electron chi connectivity index (χ1n) is 10.9. The van der Waals surface area contributed by atoms with Crippen molar-refractivity contribution in [1.29, 1.82) is 0 Å². The van der Waals surface area contributed by atoms with Crippen LogP contribution in [0.2, 0.25) is 0 Å². The van der Waals surface area contributed by atoms with Gasteiger partial charge < -0.3 is 25.2 Å². The number of methoxy groups -OCH3 is 1. The molecule has 0 spiro atoms. The zero-order chi connectivity index (χ0) is 20.9. The number of hydrogen-bond donors (Lipinski definition) is 1. The van der Waals surface area contributed by atoms with E-state index in [-0.39, 0.29) is 0 Å². The van der Waals surface area contributed by atoms with Crippen molar-refractivity contribution in [2.45, 2.75) is 25.7 Å². The Balaban J connectivity index is 1.55. The molecule has 0 atom stereocenters. The van der Waals surface area contributed by atoms with Crippen LogP contribution in [0.25, 0.3) is 10.9 Å². The maximum atomic E-state index is 6.28. The number of piperidine rings is 1. The number of nitrogens with zero attached hydrogens (tertiary/aromatic N) is 5. The standard InChI is InChI=1S/C23H32N6O/c1-27-12-14-29(15-13-27)23-25-20-16-18(21(30-2)17-19(20)22(24)26-23)8-4-7-11-28-9-5-3-6-10-28/h16-17H,3,5-7,9-15H2,1-2H3,(H2,24,25,26). The van der Waals surface area contributed by atoms with Crippen molar-refractivity contribution in [3.05, 3.63) is 17.7 Å². The van der Waals surface area contributed by atoms with Gasteiger partial charge in [-0.05, 0) is 45.1 Å². The zero-order valence-electron chi connectivity index (χ0n) is 18.2. The number of piperazine rings is 1. The van der Waals surface area contributed by atoms with Gasteiger partial charge in [0.15, 0.2) is 0 Å². The number of hydrogen-bond acceptors (Lipinski definition) is 7. The van der Waals surface area contributed by atoms with Crippen LogP contribution in [0.3, 0.4) is 0 Å². The van der Waals surface area contributed by atoms with Gasteiger partial charge in [-0.2, -0.15) is 4.98 Å². The Labute approximate surface area is 179 Å². The Morgan fingerprint density at radius 1 is 1.03 bits per heavy atom. The first-order valence-corrected chi connectivity index (χ1v) is 10.9. The summed E-state index contributed by atoms with van der Waals surface area (Å²) in [5.74, 6) is 8.52. The average molecular weight is 409 g/mol. The van der Waals surface area contributed by atoms with Gasteiger partial charge in [-0.15, -0.1) is 0 Å². The van der Waals surface area contributed by atoms with Crippen molar-refractivity contribution in [3.63, 3.8) is 0 Å². The molecule has 0 saturated carbocycles. The third-order valence-corrected chi connectivity index (χ3v) is 6.05. The second-order valence-electron chi connectivity index (χ2n) is 8.22. The normalized spacial score (nSPS) is 18.3. The number of nitrogen functional groups attached to an aromatic ring is 1. The Hall–Kier alpha value is -2.56. The highest BCUT2D eigenvalue weighted by Gasteiger charge is 2.18. The van der Waals surface area contributed by atoms with Crippen molar-refractivity contribution in [2.24, 2.45) is 0 Å². The summed E-state index contributed by atoms with van der Waals surface area (Å²) >= 11 is 0. The summed E-state index contributed by atoms with van der Waals surface area (Å²) in [5, 5.41) is 0.809. The van der Waals surface area contributed by atoms with Gasteiger partial charge in [0.05, 0.1) is 18.2 Å². The second kappa shape index (κ2) is 9.50. The van der Waals surface area contributed by atoms with E-state index in [1.165, 1.54) is 32.4 Å². The van der Waals surface area contributed by atoms with Crippen molar-refractivity contribution in [3.8, 4) is 17.6 Å². The fourth-order valence-corrected chi connectivity index (χ4v) is 4.14. The van der Waals surface area contributed by atoms with E-state index in [1.54, 1.807) is 7.11 Å². The van der Waals surface area contributed by atoms with Crippen LogP contribution in [-0.2, 0) is 0 Å². The molecule has 0 unspecified atom stereocenters. The Kier molecular flexibility index (Phi) is 6.56. The van der Waals surface area contributed by atoms with E-state index in [9.17, 15) is 0 Å². The van der Waals surface area contributed by atoms with E-state index in [4.69, 9.17) is 15.5 Å². The molecular weight excluding hydrogens is 376 g/mol. The predicted molar refractivity (Wildman–Crippen MR) is 122 cm³/mol. The molecule has 160 valence electrons. The average Bonchev–Trinajstić information content (AvgIpc) is 2.77. The van der Waals surface area contributed by atoms with Crippen LogP contribution >= 0.6 is 0 Å². The Morgan fingerprint density at radius 3 is 2.53 bits per heavy atom. The number of ether oxygens (including phenoxy) is 1. The summed E-state index contributed by atoms with van der Waals surface area (Å²) in [7, 11) is 3.80. The monoisotopic (exact) mass is 408 g/mol. The van der Waals surface area contributed by atoms with Crippen LogP contribution in [0.15, 0.2) is 12.1 Å². The van der Waals surface area contributed by atoms with Gasteiger partial charge in [-0.25, -0.2) is 4.98 Å². The van der Waals surface area contributed by atoms with Crippen molar-refractivity contribution in [1.82, 2.24) is 19.8 Å². The number of fused-ring (bicyclic) bond motifs is 1. The summed E-state index contributed by atoms with van der Waals surface area (Å²) in [4.78, 5) is 16.4. The molecule has 0 radical (unpaired) electrons. The van der Waals surface area contributed by atoms with E-state index < -0.39 is 0 Å². The number of likely N-dealkylation sites (N-methyl/N-ethyl adjacent to an activating group) is 1. The molecule has 1 aromatic carbocycles. The molecule has 30 heavy (non-hydrogen) atoms. The van der Waals surface area contributed by atoms with Gasteiger partial charge in [0.2, 0.25) is 5.95 Å². The maximum absolute atomic E-state index is 6.28. The largest absolute Gasteiger partial charge is 0.495 e. The van der Waals surface area contributed by atoms with Crippen LogP contribution < -0.4 is 15.4 Å². The molecule has 7 heteroatoms. The van der Waals surface area contributed by atoms with E-state index in [2.05, 4.69) is 38.6 Å². The smallest absolute Gasteiger partial charge is 0.227 e. The van der Waals surface area contributed by atoms with Gasteiger partial charge in [0, 0.05) is 44.5 Å². The van der Waals surface area contributed by atoms with E-state index in [0.717, 1.165) is 61.4 Å². The van der Waals surface area contributed by atoms with Crippen LogP contribution in [0.5, 0.6) is 5.75 Å². The van der Waals surface area contributed by atoms with Crippen LogP contribution in [0.1, 0.15) is 31.2 Å². The number of benzene rings is 1. The number of likely N-dealkylation sites (tertiary alicyclic amines) is 1. The van der Waals surface area contributed by atoms with Gasteiger partial charge >= 0.3 is 0 Å². The third kappa shape index (κ3) is 4.77. The lowest BCUT2D eigenvalue weighted by molar-refractivity contribution is 0.234. The topological polar surface area (TPSA) is 70.8 Å². The fraction of sp³-hybridized carbons (Fsp3) is 0.565. The Bertz CT molecular complexity index is 936. The first-order chi connectivity index (χ1) is 14.6. The Morgan fingerprint density at radius 2 is 1.80 bits per heavy atom. The molecule has 7 nitrogen and oxygen atoms in total. The molecule has 2 aliphatic rings. The number of anilines is 2. The fourth-order valence-electron chi connectivity index (χ4n) is 4.14. The number of rotatable bonds is 4. The maximum Gasteiger partial charge on any atom is 0.227 e. The lowest BCUT2D eigenvalue weighted by atomic mass is 10.1. The summed E-state index contributed by atoms with van der Waals surface area (Å²) in [5.41, 5.74) is 7.95. The molecule has 0 bridgehead atoms. The molecule has 2 fully saturated rings. The summed E-state index contributed by atoms with van der Waals surface area (Å²) < 4.78 is 5.57. The third-order valence-electron chi connectivity index (χ3n) is 6.05. The van der Waals surface area contributed by atoms with Crippen molar-refractivity contribution in [2.75, 3.05) is 70.6 Å². The van der Waals surface area contributed by atoms with E-state index >= 15 is 0 Å². The molecule has 0 amide bonds. The SMILES string of the molecule is COc1cc2c(N)nc(N3CCN(C)CC3)nc2cc1C#CCCN1CCCCC1. The molecule has 3 heterocycles. The van der Waals surface area contributed by atoms with Crippen LogP contribution in [0.4, 0.5) is 11.8 Å². The molecule has 2 saturated heterocycles. The molecule has 0 aliphatic carbocycles. The van der Waals surface area contributed by atoms with Gasteiger partial charge in [0.25, 0.3) is 0 Å². The molecule has 4 rings (SSSR count). The van der Waals surface area contributed by atoms with Crippen molar-refractivity contribution < 1.29 is 4.74 Å². The summed E-state index contributed by atoms with van der Waals surface area (Å²) in [6, 6.07) is 3.90. The summed E-state index contributed by atoms with van der Waals surface area (Å²) in [6.45, 7) is 7.24. The van der Waals surface area contributed by atoms with E-state index in [0.29, 0.717) is 11.8 Å². The lowest BCUT2D eigenvalue weighted by Crippen LogP contribution is -2.45. The lowest BCUT2D eigenvalue weighted by Gasteiger charge is -2.32. The van der Waals surface area contributed by atoms with E-state index in [1.807, 2.05) is 12.1 Å². The predicted octanol–water partition coefficient (Wildman–Crippen LogP) is 2.20. The van der Waals surface area contributed by atoms with Gasteiger partial charge in [-0.3, -0.25) is 0 Å². The van der Waals surface area contributed by atoms with Gasteiger partial charge in [-0.1, -0.05) is 18.3 Å². The van der Waals surface area contributed by atoms with Gasteiger partial charge in [0.1, 0.15) is 11.6 Å². The quantitative estimate of drug-likeness (QED) is 0.778. The zero-order valence-corrected chi connectivity index (χ0v) is 18.2.